The smallest absolute Gasteiger partial charge is 0.283 e. The maximum Gasteiger partial charge on any atom is 0.283 e. The van der Waals surface area contributed by atoms with Gasteiger partial charge < -0.3 is 14.0 Å². The van der Waals surface area contributed by atoms with Crippen molar-refractivity contribution in [1.82, 2.24) is 9.58 Å². The van der Waals surface area contributed by atoms with Gasteiger partial charge in [-0.15, -0.1) is 0 Å². The number of ether oxygens (including phenoxy) is 2. The molecule has 6 rings (SSSR count). The zero-order valence-electron chi connectivity index (χ0n) is 22.1. The number of carbonyl (C=O) groups excluding carboxylic acids is 1. The average molecular weight is 550 g/mol. The zero-order valence-corrected chi connectivity index (χ0v) is 22.9. The van der Waals surface area contributed by atoms with Crippen molar-refractivity contribution in [2.45, 2.75) is 19.9 Å². The van der Waals surface area contributed by atoms with Crippen LogP contribution in [0, 0.1) is 12.3 Å². The topological polar surface area (TPSA) is 92.3 Å². The third-order valence-corrected chi connectivity index (χ3v) is 7.67. The summed E-state index contributed by atoms with van der Waals surface area (Å²) in [6, 6.07) is 23.6. The first-order valence-corrected chi connectivity index (χ1v) is 13.7. The molecule has 9 heteroatoms. The maximum atomic E-state index is 13.1. The molecular formula is C31H27N5O3S. The largest absolute Gasteiger partial charge is 0.493 e. The lowest BCUT2D eigenvalue weighted by atomic mass is 10.1. The van der Waals surface area contributed by atoms with E-state index in [1.165, 1.54) is 16.8 Å². The highest BCUT2D eigenvalue weighted by Crippen LogP contribution is 2.32. The number of nitrogens with zero attached hydrogens (tertiary/aromatic N) is 4. The van der Waals surface area contributed by atoms with Crippen molar-refractivity contribution in [1.29, 1.82) is 5.41 Å². The highest BCUT2D eigenvalue weighted by atomic mass is 32.2. The lowest BCUT2D eigenvalue weighted by molar-refractivity contribution is -0.114. The number of aryl methyl sites for hydroxylation is 2. The molecule has 1 amide bonds. The number of rotatable bonds is 8. The predicted molar refractivity (Wildman–Crippen MR) is 160 cm³/mol. The van der Waals surface area contributed by atoms with E-state index in [9.17, 15) is 4.79 Å². The van der Waals surface area contributed by atoms with Crippen LogP contribution in [-0.4, -0.2) is 45.2 Å². The number of methoxy groups -OCH3 is 1. The second kappa shape index (κ2) is 10.9. The number of hydrazone groups is 1. The Hall–Kier alpha value is -4.63. The van der Waals surface area contributed by atoms with Crippen LogP contribution in [-0.2, 0) is 11.3 Å². The van der Waals surface area contributed by atoms with Gasteiger partial charge in [-0.25, -0.2) is 0 Å². The van der Waals surface area contributed by atoms with Gasteiger partial charge in [0.25, 0.3) is 5.91 Å². The van der Waals surface area contributed by atoms with Gasteiger partial charge in [0.05, 0.1) is 19.3 Å². The summed E-state index contributed by atoms with van der Waals surface area (Å²) in [6.07, 6.45) is 4.54. The molecule has 1 aromatic heterocycles. The van der Waals surface area contributed by atoms with Crippen LogP contribution >= 0.6 is 11.8 Å². The Morgan fingerprint density at radius 3 is 2.65 bits per heavy atom. The number of aromatic nitrogens is 1. The highest BCUT2D eigenvalue weighted by molar-refractivity contribution is 8.27. The van der Waals surface area contributed by atoms with Crippen LogP contribution in [0.15, 0.2) is 94.7 Å². The van der Waals surface area contributed by atoms with Crippen molar-refractivity contribution < 1.29 is 14.3 Å². The highest BCUT2D eigenvalue weighted by Gasteiger charge is 2.36. The standard InChI is InChI=1S/C31H27N5O3S/c1-20-9-7-10-21(17-20)30-34-36-28(32)24(29(37)33-31(36)40-30)18-22-19-35(25-12-4-3-11-23(22)25)15-8-16-39-27-14-6-5-13-26(27)38-2/h3-7,9-14,17-19,32H,8,15-16H2,1-2H3/b24-18-,32-28?. The minimum Gasteiger partial charge on any atom is -0.493 e. The van der Waals surface area contributed by atoms with Crippen molar-refractivity contribution in [3.8, 4) is 11.5 Å². The number of aliphatic imine (C=N–C) groups is 1. The SMILES string of the molecule is COc1ccccc1OCCCn1cc(/C=C2/C(=N)N3N=C(c4cccc(C)c4)SC3=NC2=O)c2ccccc21. The molecule has 2 aliphatic heterocycles. The summed E-state index contributed by atoms with van der Waals surface area (Å²) in [6.45, 7) is 3.27. The van der Waals surface area contributed by atoms with Crippen LogP contribution in [0.5, 0.6) is 11.5 Å². The van der Waals surface area contributed by atoms with E-state index >= 15 is 0 Å². The maximum absolute atomic E-state index is 13.1. The summed E-state index contributed by atoms with van der Waals surface area (Å²) < 4.78 is 13.5. The number of amidine groups is 2. The molecule has 200 valence electrons. The Morgan fingerprint density at radius 2 is 1.82 bits per heavy atom. The first-order chi connectivity index (χ1) is 19.5. The molecular weight excluding hydrogens is 522 g/mol. The molecule has 0 aliphatic carbocycles. The fraction of sp³-hybridized carbons (Fsp3) is 0.161. The van der Waals surface area contributed by atoms with Crippen molar-refractivity contribution in [2.24, 2.45) is 10.1 Å². The van der Waals surface area contributed by atoms with Crippen molar-refractivity contribution in [3.63, 3.8) is 0 Å². The molecule has 8 nitrogen and oxygen atoms in total. The lowest BCUT2D eigenvalue weighted by Gasteiger charge is -2.20. The molecule has 1 N–H and O–H groups in total. The molecule has 0 unspecified atom stereocenters. The number of para-hydroxylation sites is 3. The molecule has 0 atom stereocenters. The Morgan fingerprint density at radius 1 is 1.02 bits per heavy atom. The molecule has 3 aromatic carbocycles. The first kappa shape index (κ1) is 25.6. The molecule has 0 saturated heterocycles. The second-order valence-corrected chi connectivity index (χ2v) is 10.4. The number of benzene rings is 3. The van der Waals surface area contributed by atoms with Gasteiger partial charge in [0.2, 0.25) is 5.17 Å². The third kappa shape index (κ3) is 4.91. The molecule has 0 fully saturated rings. The summed E-state index contributed by atoms with van der Waals surface area (Å²) in [7, 11) is 1.63. The molecule has 2 aliphatic rings. The molecule has 40 heavy (non-hydrogen) atoms. The van der Waals surface area contributed by atoms with Crippen molar-refractivity contribution >= 4 is 50.7 Å². The van der Waals surface area contributed by atoms with Gasteiger partial charge in [0.1, 0.15) is 5.04 Å². The molecule has 0 spiro atoms. The summed E-state index contributed by atoms with van der Waals surface area (Å²) in [5.74, 6) is 1.01. The molecule has 0 bridgehead atoms. The second-order valence-electron chi connectivity index (χ2n) is 9.44. The summed E-state index contributed by atoms with van der Waals surface area (Å²) >= 11 is 1.30. The lowest BCUT2D eigenvalue weighted by Crippen LogP contribution is -2.35. The Bertz CT molecular complexity index is 1740. The van der Waals surface area contributed by atoms with Crippen LogP contribution in [0.2, 0.25) is 0 Å². The third-order valence-electron chi connectivity index (χ3n) is 6.71. The van der Waals surface area contributed by atoms with Gasteiger partial charge in [-0.2, -0.15) is 15.1 Å². The van der Waals surface area contributed by atoms with Gasteiger partial charge in [-0.05, 0) is 55.4 Å². The monoisotopic (exact) mass is 549 g/mol. The summed E-state index contributed by atoms with van der Waals surface area (Å²) in [5.41, 5.74) is 4.15. The van der Waals surface area contributed by atoms with Crippen molar-refractivity contribution in [2.75, 3.05) is 13.7 Å². The van der Waals surface area contributed by atoms with Crippen LogP contribution in [0.1, 0.15) is 23.1 Å². The number of fused-ring (bicyclic) bond motifs is 2. The van der Waals surface area contributed by atoms with E-state index in [1.807, 2.05) is 79.9 Å². The van der Waals surface area contributed by atoms with E-state index in [2.05, 4.69) is 20.7 Å². The molecule has 4 aromatic rings. The van der Waals surface area contributed by atoms with E-state index in [4.69, 9.17) is 14.9 Å². The van der Waals surface area contributed by atoms with Gasteiger partial charge in [-0.3, -0.25) is 10.2 Å². The molecule has 0 radical (unpaired) electrons. The summed E-state index contributed by atoms with van der Waals surface area (Å²) in [5, 5.41) is 17.0. The van der Waals surface area contributed by atoms with E-state index in [0.29, 0.717) is 22.6 Å². The van der Waals surface area contributed by atoms with Crippen LogP contribution < -0.4 is 9.47 Å². The minimum atomic E-state index is -0.438. The number of amides is 1. The normalized spacial score (nSPS) is 15.8. The molecule has 3 heterocycles. The van der Waals surface area contributed by atoms with Gasteiger partial charge >= 0.3 is 0 Å². The number of hydrogen-bond acceptors (Lipinski definition) is 6. The van der Waals surface area contributed by atoms with Gasteiger partial charge in [0.15, 0.2) is 17.3 Å². The summed E-state index contributed by atoms with van der Waals surface area (Å²) in [4.78, 5) is 17.3. The average Bonchev–Trinajstić information content (AvgIpc) is 3.55. The number of nitrogens with one attached hydrogen (secondary N) is 1. The number of hydrogen-bond donors (Lipinski definition) is 1. The van der Waals surface area contributed by atoms with Crippen LogP contribution in [0.3, 0.4) is 0 Å². The van der Waals surface area contributed by atoms with E-state index in [1.54, 1.807) is 13.2 Å². The Kier molecular flexibility index (Phi) is 6.96. The Labute approximate surface area is 236 Å². The van der Waals surface area contributed by atoms with E-state index in [0.717, 1.165) is 46.3 Å². The zero-order chi connectivity index (χ0) is 27.6. The Balaban J connectivity index is 1.23. The van der Waals surface area contributed by atoms with E-state index in [-0.39, 0.29) is 11.4 Å². The van der Waals surface area contributed by atoms with Crippen LogP contribution in [0.25, 0.3) is 17.0 Å². The predicted octanol–water partition coefficient (Wildman–Crippen LogP) is 6.09. The minimum absolute atomic E-state index is 0.0205. The fourth-order valence-electron chi connectivity index (χ4n) is 4.77. The van der Waals surface area contributed by atoms with Gasteiger partial charge in [0, 0.05) is 34.8 Å². The number of thioether (sulfide) groups is 1. The molecule has 0 saturated carbocycles. The first-order valence-electron chi connectivity index (χ1n) is 12.9. The van der Waals surface area contributed by atoms with Crippen molar-refractivity contribution in [3.05, 3.63) is 101 Å². The van der Waals surface area contributed by atoms with Crippen LogP contribution in [0.4, 0.5) is 0 Å². The number of carbonyl (C=O) groups is 1. The quantitative estimate of drug-likeness (QED) is 0.212. The fourth-order valence-corrected chi connectivity index (χ4v) is 5.66. The van der Waals surface area contributed by atoms with E-state index < -0.39 is 5.91 Å². The van der Waals surface area contributed by atoms with Gasteiger partial charge in [-0.1, -0.05) is 54.1 Å².